The summed E-state index contributed by atoms with van der Waals surface area (Å²) in [5, 5.41) is 14.3. The van der Waals surface area contributed by atoms with Gasteiger partial charge < -0.3 is 25.0 Å². The number of halogens is 1. The molecule has 0 aliphatic carbocycles. The molecule has 3 amide bonds. The molecule has 1 fully saturated rings. The number of nitrogens with zero attached hydrogens (tertiary/aromatic N) is 3. The number of rotatable bonds is 6. The molecule has 2 aromatic carbocycles. The zero-order chi connectivity index (χ0) is 25.9. The Morgan fingerprint density at radius 2 is 1.81 bits per heavy atom. The van der Waals surface area contributed by atoms with Crippen LogP contribution < -0.4 is 20.1 Å². The van der Waals surface area contributed by atoms with Crippen molar-refractivity contribution in [1.82, 2.24) is 15.1 Å². The predicted molar refractivity (Wildman–Crippen MR) is 138 cm³/mol. The Labute approximate surface area is 221 Å². The fourth-order valence-corrected chi connectivity index (χ4v) is 5.12. The van der Waals surface area contributed by atoms with E-state index in [4.69, 9.17) is 21.1 Å². The highest BCUT2D eigenvalue weighted by atomic mass is 35.5. The highest BCUT2D eigenvalue weighted by Gasteiger charge is 2.28. The molecule has 0 saturated carbocycles. The van der Waals surface area contributed by atoms with Gasteiger partial charge in [-0.05, 0) is 55.5 Å². The van der Waals surface area contributed by atoms with Crippen LogP contribution >= 0.6 is 22.9 Å². The van der Waals surface area contributed by atoms with E-state index in [0.717, 1.165) is 16.9 Å². The van der Waals surface area contributed by atoms with Crippen LogP contribution in [0, 0.1) is 12.8 Å². The van der Waals surface area contributed by atoms with Crippen LogP contribution in [0.3, 0.4) is 0 Å². The summed E-state index contributed by atoms with van der Waals surface area (Å²) in [6.45, 7) is 3.01. The Morgan fingerprint density at radius 3 is 2.62 bits per heavy atom. The molecular formula is C25H24ClN5O5S. The van der Waals surface area contributed by atoms with Crippen LogP contribution in [0.15, 0.2) is 36.4 Å². The largest absolute Gasteiger partial charge is 0.454 e. The Kier molecular flexibility index (Phi) is 7.24. The van der Waals surface area contributed by atoms with Gasteiger partial charge in [-0.25, -0.2) is 0 Å². The highest BCUT2D eigenvalue weighted by molar-refractivity contribution is 7.15. The number of carbonyl (C=O) groups excluding carboxylic acids is 3. The maximum absolute atomic E-state index is 12.9. The first-order valence-electron chi connectivity index (χ1n) is 11.8. The molecule has 0 atom stereocenters. The Hall–Kier alpha value is -3.70. The van der Waals surface area contributed by atoms with Crippen LogP contribution in [0.25, 0.3) is 0 Å². The van der Waals surface area contributed by atoms with Crippen molar-refractivity contribution < 1.29 is 23.9 Å². The average molecular weight is 542 g/mol. The van der Waals surface area contributed by atoms with Gasteiger partial charge in [0.05, 0.1) is 0 Å². The number of nitrogens with one attached hydrogen (secondary N) is 2. The van der Waals surface area contributed by atoms with E-state index in [2.05, 4.69) is 20.8 Å². The first-order valence-corrected chi connectivity index (χ1v) is 13.0. The van der Waals surface area contributed by atoms with Crippen LogP contribution in [0.2, 0.25) is 5.02 Å². The number of fused-ring (bicyclic) bond motifs is 1. The summed E-state index contributed by atoms with van der Waals surface area (Å²) >= 11 is 7.08. The lowest BCUT2D eigenvalue weighted by Crippen LogP contribution is -2.39. The predicted octanol–water partition coefficient (Wildman–Crippen LogP) is 4.36. The lowest BCUT2D eigenvalue weighted by molar-refractivity contribution is -0.117. The number of piperidine rings is 1. The van der Waals surface area contributed by atoms with E-state index in [1.807, 2.05) is 13.0 Å². The summed E-state index contributed by atoms with van der Waals surface area (Å²) in [6, 6.07) is 10.5. The molecule has 12 heteroatoms. The molecule has 10 nitrogen and oxygen atoms in total. The topological polar surface area (TPSA) is 123 Å². The van der Waals surface area contributed by atoms with Crippen molar-refractivity contribution in [1.29, 1.82) is 0 Å². The Balaban J connectivity index is 1.11. The van der Waals surface area contributed by atoms with Crippen molar-refractivity contribution in [3.05, 3.63) is 57.0 Å². The van der Waals surface area contributed by atoms with Gasteiger partial charge in [-0.15, -0.1) is 10.2 Å². The van der Waals surface area contributed by atoms with Crippen molar-refractivity contribution >= 4 is 52.0 Å². The molecule has 0 bridgehead atoms. The molecule has 3 heterocycles. The number of anilines is 2. The molecule has 37 heavy (non-hydrogen) atoms. The van der Waals surface area contributed by atoms with Gasteiger partial charge in [0.25, 0.3) is 11.8 Å². The van der Waals surface area contributed by atoms with E-state index in [1.165, 1.54) is 0 Å². The lowest BCUT2D eigenvalue weighted by atomic mass is 9.93. The van der Waals surface area contributed by atoms with Gasteiger partial charge >= 0.3 is 0 Å². The minimum atomic E-state index is -0.463. The van der Waals surface area contributed by atoms with Crippen molar-refractivity contribution in [2.24, 2.45) is 5.92 Å². The molecule has 1 aromatic heterocycles. The zero-order valence-corrected chi connectivity index (χ0v) is 21.5. The van der Waals surface area contributed by atoms with Crippen LogP contribution in [0.5, 0.6) is 11.5 Å². The van der Waals surface area contributed by atoms with E-state index in [0.29, 0.717) is 60.2 Å². The summed E-state index contributed by atoms with van der Waals surface area (Å²) in [4.78, 5) is 39.8. The van der Waals surface area contributed by atoms with Crippen molar-refractivity contribution in [3.63, 3.8) is 0 Å². The molecule has 2 aliphatic heterocycles. The summed E-state index contributed by atoms with van der Waals surface area (Å²) in [5.74, 6) is 0.527. The first-order chi connectivity index (χ1) is 17.9. The van der Waals surface area contributed by atoms with Gasteiger partial charge in [0.15, 0.2) is 11.5 Å². The van der Waals surface area contributed by atoms with Crippen LogP contribution in [-0.4, -0.2) is 52.7 Å². The molecule has 2 aliphatic rings. The molecule has 0 unspecified atom stereocenters. The van der Waals surface area contributed by atoms with Gasteiger partial charge in [-0.3, -0.25) is 14.4 Å². The Bertz CT molecular complexity index is 1350. The second-order valence-electron chi connectivity index (χ2n) is 8.83. The van der Waals surface area contributed by atoms with Gasteiger partial charge in [-0.2, -0.15) is 0 Å². The smallest absolute Gasteiger partial charge is 0.286 e. The van der Waals surface area contributed by atoms with Crippen molar-refractivity contribution in [3.8, 4) is 11.5 Å². The molecule has 5 rings (SSSR count). The van der Waals surface area contributed by atoms with Crippen LogP contribution in [-0.2, 0) is 4.79 Å². The molecule has 2 N–H and O–H groups in total. The summed E-state index contributed by atoms with van der Waals surface area (Å²) in [6.07, 6.45) is 1.77. The van der Waals surface area contributed by atoms with Crippen molar-refractivity contribution in [2.45, 2.75) is 26.2 Å². The molecule has 3 aromatic rings. The first kappa shape index (κ1) is 25.0. The monoisotopic (exact) mass is 541 g/mol. The second-order valence-corrected chi connectivity index (χ2v) is 10.2. The number of hydrogen-bond donors (Lipinski definition) is 2. The van der Waals surface area contributed by atoms with E-state index in [-0.39, 0.29) is 34.5 Å². The highest BCUT2D eigenvalue weighted by Crippen LogP contribution is 2.34. The number of ether oxygens (including phenoxy) is 2. The van der Waals surface area contributed by atoms with E-state index >= 15 is 0 Å². The number of likely N-dealkylation sites (tertiary alicyclic amines) is 1. The molecular weight excluding hydrogens is 518 g/mol. The summed E-state index contributed by atoms with van der Waals surface area (Å²) in [7, 11) is 0. The zero-order valence-electron chi connectivity index (χ0n) is 20.0. The third kappa shape index (κ3) is 5.67. The second kappa shape index (κ2) is 10.7. The number of carbonyl (C=O) groups is 3. The van der Waals surface area contributed by atoms with Gasteiger partial charge in [0, 0.05) is 42.0 Å². The molecule has 1 saturated heterocycles. The van der Waals surface area contributed by atoms with Gasteiger partial charge in [0.2, 0.25) is 22.7 Å². The van der Waals surface area contributed by atoms with E-state index < -0.39 is 5.91 Å². The molecule has 192 valence electrons. The van der Waals surface area contributed by atoms with Crippen LogP contribution in [0.1, 0.15) is 44.4 Å². The standard InChI is InChI=1S/C25H24ClN5O5S/c1-14-17(26)3-2-4-18(14)28-21(32)11-15-7-9-31(10-8-15)25(34)24-30-29-23(37-24)22(33)27-16-5-6-19-20(12-16)36-13-35-19/h2-6,12,15H,7-11,13H2,1H3,(H,27,33)(H,28,32). The summed E-state index contributed by atoms with van der Waals surface area (Å²) < 4.78 is 10.6. The maximum atomic E-state index is 12.9. The number of amides is 3. The lowest BCUT2D eigenvalue weighted by Gasteiger charge is -2.31. The maximum Gasteiger partial charge on any atom is 0.286 e. The minimum absolute atomic E-state index is 0.0719. The number of hydrogen-bond acceptors (Lipinski definition) is 8. The van der Waals surface area contributed by atoms with Gasteiger partial charge in [-0.1, -0.05) is 29.0 Å². The fraction of sp³-hybridized carbons (Fsp3) is 0.320. The fourth-order valence-electron chi connectivity index (χ4n) is 4.24. The van der Waals surface area contributed by atoms with Crippen LogP contribution in [0.4, 0.5) is 11.4 Å². The quantitative estimate of drug-likeness (QED) is 0.475. The molecule has 0 radical (unpaired) electrons. The average Bonchev–Trinajstić information content (AvgIpc) is 3.57. The number of aromatic nitrogens is 2. The Morgan fingerprint density at radius 1 is 1.05 bits per heavy atom. The third-order valence-corrected chi connectivity index (χ3v) is 7.67. The molecule has 0 spiro atoms. The van der Waals surface area contributed by atoms with E-state index in [9.17, 15) is 14.4 Å². The normalized spacial score (nSPS) is 14.9. The van der Waals surface area contributed by atoms with Crippen molar-refractivity contribution in [2.75, 3.05) is 30.5 Å². The third-order valence-electron chi connectivity index (χ3n) is 6.35. The minimum Gasteiger partial charge on any atom is -0.454 e. The summed E-state index contributed by atoms with van der Waals surface area (Å²) in [5.41, 5.74) is 2.06. The van der Waals surface area contributed by atoms with Gasteiger partial charge in [0.1, 0.15) is 0 Å². The number of benzene rings is 2. The SMILES string of the molecule is Cc1c(Cl)cccc1NC(=O)CC1CCN(C(=O)c2nnc(C(=O)Nc3ccc4c(c3)OCO4)s2)CC1. The van der Waals surface area contributed by atoms with E-state index in [1.54, 1.807) is 35.2 Å².